The van der Waals surface area contributed by atoms with Gasteiger partial charge in [0.05, 0.1) is 11.0 Å². The first-order valence-electron chi connectivity index (χ1n) is 5.54. The van der Waals surface area contributed by atoms with Crippen molar-refractivity contribution in [1.29, 1.82) is 0 Å². The summed E-state index contributed by atoms with van der Waals surface area (Å²) in [5.41, 5.74) is 1.70. The number of aryl methyl sites for hydroxylation is 1. The number of pyridine rings is 1. The van der Waals surface area contributed by atoms with E-state index in [2.05, 4.69) is 4.98 Å². The smallest absolute Gasteiger partial charge is 0.273 e. The zero-order valence-electron chi connectivity index (χ0n) is 10.2. The molecule has 0 aliphatic rings. The predicted molar refractivity (Wildman–Crippen MR) is 71.7 cm³/mol. The van der Waals surface area contributed by atoms with Crippen molar-refractivity contribution in [3.05, 3.63) is 57.8 Å². The first-order valence-corrected chi connectivity index (χ1v) is 6.07. The highest BCUT2D eigenvalue weighted by atomic mass is 35.5. The van der Waals surface area contributed by atoms with Gasteiger partial charge in [0.1, 0.15) is 5.75 Å². The quantitative estimate of drug-likeness (QED) is 0.484. The Morgan fingerprint density at radius 2 is 2.21 bits per heavy atom. The second kappa shape index (κ2) is 5.67. The van der Waals surface area contributed by atoms with Gasteiger partial charge in [-0.1, -0.05) is 6.07 Å². The summed E-state index contributed by atoms with van der Waals surface area (Å²) in [6.07, 6.45) is 1.62. The Morgan fingerprint density at radius 3 is 2.84 bits per heavy atom. The fourth-order valence-electron chi connectivity index (χ4n) is 1.57. The number of nitro benzene ring substituents is 1. The predicted octanol–water partition coefficient (Wildman–Crippen LogP) is 3.83. The lowest BCUT2D eigenvalue weighted by Gasteiger charge is -2.08. The topological polar surface area (TPSA) is 65.3 Å². The van der Waals surface area contributed by atoms with Gasteiger partial charge in [0.25, 0.3) is 5.69 Å². The Morgan fingerprint density at radius 1 is 1.42 bits per heavy atom. The highest BCUT2D eigenvalue weighted by molar-refractivity contribution is 6.17. The van der Waals surface area contributed by atoms with Gasteiger partial charge in [0.2, 0.25) is 5.88 Å². The van der Waals surface area contributed by atoms with E-state index < -0.39 is 4.92 Å². The summed E-state index contributed by atoms with van der Waals surface area (Å²) in [6, 6.07) is 7.84. The second-order valence-corrected chi connectivity index (χ2v) is 4.22. The lowest BCUT2D eigenvalue weighted by molar-refractivity contribution is -0.384. The van der Waals surface area contributed by atoms with Gasteiger partial charge < -0.3 is 4.74 Å². The summed E-state index contributed by atoms with van der Waals surface area (Å²) in [4.78, 5) is 14.3. The molecule has 0 fully saturated rings. The number of aromatic nitrogens is 1. The molecule has 1 aromatic heterocycles. The molecule has 1 heterocycles. The molecule has 1 aromatic carbocycles. The van der Waals surface area contributed by atoms with Crippen LogP contribution in [-0.2, 0) is 5.88 Å². The van der Waals surface area contributed by atoms with Gasteiger partial charge in [0, 0.05) is 23.7 Å². The number of benzene rings is 1. The molecule has 2 aromatic rings. The molecule has 0 aliphatic heterocycles. The average molecular weight is 279 g/mol. The Labute approximate surface area is 115 Å². The van der Waals surface area contributed by atoms with Crippen LogP contribution in [0.25, 0.3) is 0 Å². The number of hydrogen-bond acceptors (Lipinski definition) is 4. The minimum atomic E-state index is -0.469. The third-order valence-electron chi connectivity index (χ3n) is 2.48. The van der Waals surface area contributed by atoms with Gasteiger partial charge in [-0.05, 0) is 24.6 Å². The van der Waals surface area contributed by atoms with Crippen LogP contribution in [0.1, 0.15) is 11.1 Å². The first-order chi connectivity index (χ1) is 9.10. The van der Waals surface area contributed by atoms with Crippen LogP contribution < -0.4 is 4.74 Å². The van der Waals surface area contributed by atoms with Crippen molar-refractivity contribution >= 4 is 17.3 Å². The number of rotatable bonds is 4. The van der Waals surface area contributed by atoms with Crippen molar-refractivity contribution < 1.29 is 9.66 Å². The summed E-state index contributed by atoms with van der Waals surface area (Å²) in [7, 11) is 0. The number of halogens is 1. The van der Waals surface area contributed by atoms with Gasteiger partial charge in [-0.25, -0.2) is 4.98 Å². The van der Waals surface area contributed by atoms with Gasteiger partial charge >= 0.3 is 0 Å². The maximum absolute atomic E-state index is 10.7. The lowest BCUT2D eigenvalue weighted by atomic mass is 10.2. The maximum atomic E-state index is 10.7. The van der Waals surface area contributed by atoms with E-state index in [0.29, 0.717) is 17.5 Å². The highest BCUT2D eigenvalue weighted by Crippen LogP contribution is 2.26. The summed E-state index contributed by atoms with van der Waals surface area (Å²) in [5.74, 6) is 1.17. The molecule has 0 bridgehead atoms. The number of hydrogen-bond donors (Lipinski definition) is 0. The summed E-state index contributed by atoms with van der Waals surface area (Å²) in [5, 5.41) is 10.7. The molecule has 6 heteroatoms. The maximum Gasteiger partial charge on any atom is 0.273 e. The highest BCUT2D eigenvalue weighted by Gasteiger charge is 2.09. The van der Waals surface area contributed by atoms with Crippen LogP contribution in [0.3, 0.4) is 0 Å². The monoisotopic (exact) mass is 278 g/mol. The van der Waals surface area contributed by atoms with Crippen LogP contribution in [0.15, 0.2) is 36.5 Å². The molecule has 0 radical (unpaired) electrons. The molecule has 2 rings (SSSR count). The Balaban J connectivity index is 2.26. The molecular formula is C13H11ClN2O3. The molecule has 5 nitrogen and oxygen atoms in total. The Hall–Kier alpha value is -2.14. The molecule has 0 N–H and O–H groups in total. The molecule has 0 saturated carbocycles. The standard InChI is InChI=1S/C13H11ClN2O3/c1-9-5-10(7-14)8-15-13(9)19-12-4-2-3-11(6-12)16(17)18/h2-6,8H,7H2,1H3. The number of alkyl halides is 1. The van der Waals surface area contributed by atoms with Crippen LogP contribution in [-0.4, -0.2) is 9.91 Å². The lowest BCUT2D eigenvalue weighted by Crippen LogP contribution is -1.94. The van der Waals surface area contributed by atoms with Gasteiger partial charge in [-0.3, -0.25) is 10.1 Å². The van der Waals surface area contributed by atoms with Gasteiger partial charge in [-0.15, -0.1) is 11.6 Å². The molecule has 0 unspecified atom stereocenters. The van der Waals surface area contributed by atoms with E-state index in [4.69, 9.17) is 16.3 Å². The summed E-state index contributed by atoms with van der Waals surface area (Å²) < 4.78 is 5.54. The van der Waals surface area contributed by atoms with Crippen LogP contribution in [0.2, 0.25) is 0 Å². The largest absolute Gasteiger partial charge is 0.439 e. The van der Waals surface area contributed by atoms with Crippen molar-refractivity contribution in [3.63, 3.8) is 0 Å². The average Bonchev–Trinajstić information content (AvgIpc) is 2.41. The fourth-order valence-corrected chi connectivity index (χ4v) is 1.72. The van der Waals surface area contributed by atoms with E-state index in [0.717, 1.165) is 11.1 Å². The number of nitro groups is 1. The molecule has 19 heavy (non-hydrogen) atoms. The first kappa shape index (κ1) is 13.3. The van der Waals surface area contributed by atoms with E-state index in [1.54, 1.807) is 18.3 Å². The van der Waals surface area contributed by atoms with Crippen LogP contribution in [0.4, 0.5) is 5.69 Å². The van der Waals surface area contributed by atoms with Crippen molar-refractivity contribution in [2.75, 3.05) is 0 Å². The van der Waals surface area contributed by atoms with E-state index in [-0.39, 0.29) is 5.69 Å². The fraction of sp³-hybridized carbons (Fsp3) is 0.154. The zero-order valence-corrected chi connectivity index (χ0v) is 10.9. The van der Waals surface area contributed by atoms with Crippen molar-refractivity contribution in [1.82, 2.24) is 4.98 Å². The Kier molecular flexibility index (Phi) is 3.97. The van der Waals surface area contributed by atoms with Crippen molar-refractivity contribution in [2.24, 2.45) is 0 Å². The molecule has 0 atom stereocenters. The van der Waals surface area contributed by atoms with E-state index in [1.165, 1.54) is 12.1 Å². The van der Waals surface area contributed by atoms with Crippen LogP contribution in [0, 0.1) is 17.0 Å². The number of ether oxygens (including phenoxy) is 1. The number of non-ortho nitro benzene ring substituents is 1. The molecule has 0 spiro atoms. The summed E-state index contributed by atoms with van der Waals surface area (Å²) >= 11 is 5.71. The third-order valence-corrected chi connectivity index (χ3v) is 2.79. The minimum Gasteiger partial charge on any atom is -0.439 e. The van der Waals surface area contributed by atoms with Gasteiger partial charge in [0.15, 0.2) is 0 Å². The Bertz CT molecular complexity index is 617. The zero-order chi connectivity index (χ0) is 13.8. The normalized spacial score (nSPS) is 10.2. The van der Waals surface area contributed by atoms with E-state index in [9.17, 15) is 10.1 Å². The third kappa shape index (κ3) is 3.20. The van der Waals surface area contributed by atoms with Gasteiger partial charge in [-0.2, -0.15) is 0 Å². The molecule has 98 valence electrons. The second-order valence-electron chi connectivity index (χ2n) is 3.96. The SMILES string of the molecule is Cc1cc(CCl)cnc1Oc1cccc([N+](=O)[O-])c1. The van der Waals surface area contributed by atoms with Crippen molar-refractivity contribution in [2.45, 2.75) is 12.8 Å². The molecule has 0 aliphatic carbocycles. The molecular weight excluding hydrogens is 268 g/mol. The number of nitrogens with zero attached hydrogens (tertiary/aromatic N) is 2. The van der Waals surface area contributed by atoms with Crippen molar-refractivity contribution in [3.8, 4) is 11.6 Å². The molecule has 0 amide bonds. The molecule has 0 saturated heterocycles. The van der Waals surface area contributed by atoms with E-state index >= 15 is 0 Å². The van der Waals surface area contributed by atoms with Crippen LogP contribution in [0.5, 0.6) is 11.6 Å². The summed E-state index contributed by atoms with van der Waals surface area (Å²) in [6.45, 7) is 1.84. The van der Waals surface area contributed by atoms with Crippen LogP contribution >= 0.6 is 11.6 Å². The minimum absolute atomic E-state index is 0.0208. The van der Waals surface area contributed by atoms with E-state index in [1.807, 2.05) is 13.0 Å².